The summed E-state index contributed by atoms with van der Waals surface area (Å²) >= 11 is 0. The number of aromatic amines is 1. The Balaban J connectivity index is 1.75. The highest BCUT2D eigenvalue weighted by Gasteiger charge is 2.14. The molecule has 0 aliphatic carbocycles. The molecule has 1 aromatic heterocycles. The molecule has 5 heteroatoms. The van der Waals surface area contributed by atoms with Crippen molar-refractivity contribution >= 4 is 28.4 Å². The molecule has 0 aliphatic heterocycles. The third-order valence-electron chi connectivity index (χ3n) is 3.88. The van der Waals surface area contributed by atoms with Crippen LogP contribution in [0.5, 0.6) is 0 Å². The number of amides is 2. The van der Waals surface area contributed by atoms with Gasteiger partial charge in [0.25, 0.3) is 5.91 Å². The number of nitrogens with one attached hydrogen (secondary N) is 3. The molecule has 1 heterocycles. The number of carbonyl (C=O) groups excluding carboxylic acids is 2. The maximum Gasteiger partial charge on any atom is 0.253 e. The molecule has 0 aliphatic rings. The molecule has 2 amide bonds. The summed E-state index contributed by atoms with van der Waals surface area (Å²) < 4.78 is 0. The molecule has 3 aromatic rings. The van der Waals surface area contributed by atoms with E-state index in [0.29, 0.717) is 17.8 Å². The van der Waals surface area contributed by atoms with Crippen LogP contribution in [0.2, 0.25) is 0 Å². The number of carbonyl (C=O) groups is 2. The fourth-order valence-electron chi connectivity index (χ4n) is 2.70. The number of rotatable bonds is 6. The van der Waals surface area contributed by atoms with Gasteiger partial charge in [0.05, 0.1) is 17.7 Å². The van der Waals surface area contributed by atoms with Gasteiger partial charge in [-0.3, -0.25) is 9.59 Å². The zero-order valence-corrected chi connectivity index (χ0v) is 13.7. The van der Waals surface area contributed by atoms with Crippen molar-refractivity contribution in [2.75, 3.05) is 11.9 Å². The quantitative estimate of drug-likeness (QED) is 0.606. The fraction of sp³-hybridized carbons (Fsp3) is 0.100. The lowest BCUT2D eigenvalue weighted by Crippen LogP contribution is -2.25. The van der Waals surface area contributed by atoms with Gasteiger partial charge < -0.3 is 15.6 Å². The number of fused-ring (bicyclic) bond motifs is 1. The number of hydrogen-bond acceptors (Lipinski definition) is 2. The lowest BCUT2D eigenvalue weighted by Gasteiger charge is -2.10. The van der Waals surface area contributed by atoms with E-state index >= 15 is 0 Å². The third kappa shape index (κ3) is 3.77. The monoisotopic (exact) mass is 333 g/mol. The minimum absolute atomic E-state index is 0.172. The molecule has 5 nitrogen and oxygen atoms in total. The highest BCUT2D eigenvalue weighted by molar-refractivity contribution is 6.04. The van der Waals surface area contributed by atoms with Crippen LogP contribution in [0.1, 0.15) is 15.9 Å². The van der Waals surface area contributed by atoms with E-state index in [1.54, 1.807) is 30.3 Å². The first kappa shape index (κ1) is 16.5. The van der Waals surface area contributed by atoms with E-state index in [2.05, 4.69) is 22.2 Å². The Bertz CT molecular complexity index is 927. The van der Waals surface area contributed by atoms with Crippen LogP contribution >= 0.6 is 0 Å². The number of para-hydroxylation sites is 2. The summed E-state index contributed by atoms with van der Waals surface area (Å²) in [5, 5.41) is 6.57. The van der Waals surface area contributed by atoms with Crippen LogP contribution in [0.25, 0.3) is 10.9 Å². The molecule has 25 heavy (non-hydrogen) atoms. The molecule has 0 atom stereocenters. The molecule has 0 saturated carbocycles. The van der Waals surface area contributed by atoms with Crippen molar-refractivity contribution in [3.05, 3.63) is 78.5 Å². The van der Waals surface area contributed by atoms with Crippen LogP contribution in [0, 0.1) is 0 Å². The Labute approximate surface area is 145 Å². The average Bonchev–Trinajstić information content (AvgIpc) is 3.03. The summed E-state index contributed by atoms with van der Waals surface area (Å²) in [7, 11) is 0. The second-order valence-corrected chi connectivity index (χ2v) is 5.63. The molecular formula is C20H19N3O2. The summed E-state index contributed by atoms with van der Waals surface area (Å²) in [6.45, 7) is 3.95. The van der Waals surface area contributed by atoms with Crippen molar-refractivity contribution in [2.24, 2.45) is 0 Å². The van der Waals surface area contributed by atoms with Gasteiger partial charge >= 0.3 is 0 Å². The van der Waals surface area contributed by atoms with Gasteiger partial charge in [0.1, 0.15) is 0 Å². The molecule has 3 rings (SSSR count). The first-order valence-electron chi connectivity index (χ1n) is 8.02. The maximum atomic E-state index is 12.4. The number of H-pyrrole nitrogens is 1. The van der Waals surface area contributed by atoms with Crippen LogP contribution in [0.3, 0.4) is 0 Å². The van der Waals surface area contributed by atoms with Gasteiger partial charge in [-0.2, -0.15) is 0 Å². The van der Waals surface area contributed by atoms with Gasteiger partial charge in [-0.15, -0.1) is 6.58 Å². The largest absolute Gasteiger partial charge is 0.361 e. The zero-order valence-electron chi connectivity index (χ0n) is 13.7. The predicted molar refractivity (Wildman–Crippen MR) is 99.6 cm³/mol. The summed E-state index contributed by atoms with van der Waals surface area (Å²) in [5.41, 5.74) is 2.83. The highest BCUT2D eigenvalue weighted by atomic mass is 16.2. The van der Waals surface area contributed by atoms with Crippen molar-refractivity contribution in [3.63, 3.8) is 0 Å². The lowest BCUT2D eigenvalue weighted by molar-refractivity contribution is -0.115. The van der Waals surface area contributed by atoms with Gasteiger partial charge in [0.15, 0.2) is 0 Å². The maximum absolute atomic E-state index is 12.4. The van der Waals surface area contributed by atoms with Crippen LogP contribution in [0.4, 0.5) is 5.69 Å². The van der Waals surface area contributed by atoms with Gasteiger partial charge in [-0.25, -0.2) is 0 Å². The minimum Gasteiger partial charge on any atom is -0.361 e. The van der Waals surface area contributed by atoms with E-state index in [9.17, 15) is 9.59 Å². The number of hydrogen-bond donors (Lipinski definition) is 3. The predicted octanol–water partition coefficient (Wildman–Crippen LogP) is 3.26. The Hall–Kier alpha value is -3.34. The van der Waals surface area contributed by atoms with Crippen molar-refractivity contribution in [2.45, 2.75) is 6.42 Å². The molecule has 0 spiro atoms. The summed E-state index contributed by atoms with van der Waals surface area (Å²) in [6.07, 6.45) is 3.68. The third-order valence-corrected chi connectivity index (χ3v) is 3.88. The Kier molecular flexibility index (Phi) is 4.95. The van der Waals surface area contributed by atoms with Crippen molar-refractivity contribution < 1.29 is 9.59 Å². The van der Waals surface area contributed by atoms with E-state index < -0.39 is 0 Å². The first-order valence-corrected chi connectivity index (χ1v) is 8.02. The minimum atomic E-state index is -0.247. The molecule has 0 bridgehead atoms. The fourth-order valence-corrected chi connectivity index (χ4v) is 2.70. The normalized spacial score (nSPS) is 10.4. The molecule has 0 fully saturated rings. The van der Waals surface area contributed by atoms with Gasteiger partial charge in [-0.1, -0.05) is 36.4 Å². The SMILES string of the molecule is C=CCNC(=O)c1ccccc1NC(=O)Cc1c[nH]c2ccccc12. The van der Waals surface area contributed by atoms with E-state index in [-0.39, 0.29) is 18.2 Å². The van der Waals surface area contributed by atoms with E-state index in [0.717, 1.165) is 16.5 Å². The summed E-state index contributed by atoms with van der Waals surface area (Å²) in [4.78, 5) is 27.8. The van der Waals surface area contributed by atoms with E-state index in [4.69, 9.17) is 0 Å². The van der Waals surface area contributed by atoms with Crippen molar-refractivity contribution in [1.29, 1.82) is 0 Å². The second-order valence-electron chi connectivity index (χ2n) is 5.63. The second kappa shape index (κ2) is 7.49. The summed E-state index contributed by atoms with van der Waals surface area (Å²) in [6, 6.07) is 14.8. The highest BCUT2D eigenvalue weighted by Crippen LogP contribution is 2.20. The number of aromatic nitrogens is 1. The molecule has 126 valence electrons. The first-order chi connectivity index (χ1) is 12.2. The average molecular weight is 333 g/mol. The summed E-state index contributed by atoms with van der Waals surface area (Å²) in [5.74, 6) is -0.420. The van der Waals surface area contributed by atoms with Gasteiger partial charge in [0.2, 0.25) is 5.91 Å². The molecule has 3 N–H and O–H groups in total. The van der Waals surface area contributed by atoms with Crippen LogP contribution in [-0.2, 0) is 11.2 Å². The number of benzene rings is 2. The Morgan fingerprint density at radius 1 is 1.08 bits per heavy atom. The van der Waals surface area contributed by atoms with Crippen LogP contribution < -0.4 is 10.6 Å². The smallest absolute Gasteiger partial charge is 0.253 e. The van der Waals surface area contributed by atoms with Gasteiger partial charge in [-0.05, 0) is 23.8 Å². The molecule has 0 radical (unpaired) electrons. The van der Waals surface area contributed by atoms with E-state index in [1.165, 1.54) is 0 Å². The Morgan fingerprint density at radius 3 is 2.68 bits per heavy atom. The molecular weight excluding hydrogens is 314 g/mol. The lowest BCUT2D eigenvalue weighted by atomic mass is 10.1. The van der Waals surface area contributed by atoms with Crippen LogP contribution in [-0.4, -0.2) is 23.3 Å². The van der Waals surface area contributed by atoms with Crippen molar-refractivity contribution in [1.82, 2.24) is 10.3 Å². The van der Waals surface area contributed by atoms with Gasteiger partial charge in [0, 0.05) is 23.6 Å². The topological polar surface area (TPSA) is 74.0 Å². The molecule has 0 unspecified atom stereocenters. The standard InChI is InChI=1S/C20H19N3O2/c1-2-11-21-20(25)16-8-4-6-10-18(16)23-19(24)12-14-13-22-17-9-5-3-7-15(14)17/h2-10,13,22H,1,11-12H2,(H,21,25)(H,23,24). The Morgan fingerprint density at radius 2 is 1.84 bits per heavy atom. The zero-order chi connectivity index (χ0) is 17.6. The molecule has 0 saturated heterocycles. The van der Waals surface area contributed by atoms with E-state index in [1.807, 2.05) is 30.5 Å². The van der Waals surface area contributed by atoms with Crippen LogP contribution in [0.15, 0.2) is 67.4 Å². The molecule has 2 aromatic carbocycles. The van der Waals surface area contributed by atoms with Crippen molar-refractivity contribution in [3.8, 4) is 0 Å². The number of anilines is 1.